The van der Waals surface area contributed by atoms with Gasteiger partial charge in [-0.15, -0.1) is 0 Å². The number of benzene rings is 2. The summed E-state index contributed by atoms with van der Waals surface area (Å²) in [5, 5.41) is 0. The molecule has 1 saturated carbocycles. The summed E-state index contributed by atoms with van der Waals surface area (Å²) in [6, 6.07) is 12.5. The first-order valence-corrected chi connectivity index (χ1v) is 12.0. The van der Waals surface area contributed by atoms with Crippen molar-refractivity contribution >= 4 is 27.8 Å². The fourth-order valence-corrected chi connectivity index (χ4v) is 6.60. The molecule has 3 aromatic heterocycles. The van der Waals surface area contributed by atoms with Gasteiger partial charge in [0.25, 0.3) is 0 Å². The van der Waals surface area contributed by atoms with Gasteiger partial charge in [-0.05, 0) is 75.7 Å². The third-order valence-corrected chi connectivity index (χ3v) is 7.97. The molecular weight excluding hydrogens is 404 g/mol. The maximum atomic E-state index is 9.64. The van der Waals surface area contributed by atoms with Gasteiger partial charge in [-0.2, -0.15) is 0 Å². The van der Waals surface area contributed by atoms with E-state index in [-0.39, 0.29) is 0 Å². The molecule has 1 fully saturated rings. The second kappa shape index (κ2) is 6.25. The second-order valence-corrected chi connectivity index (χ2v) is 10.3. The van der Waals surface area contributed by atoms with E-state index < -0.39 is 18.3 Å². The Labute approximate surface area is 200 Å². The normalized spacial score (nSPS) is 20.6. The average molecular weight is 440 g/mol. The first-order valence-electron chi connectivity index (χ1n) is 14.0. The molecule has 0 N–H and O–H groups in total. The molecule has 5 aromatic rings. The summed E-state index contributed by atoms with van der Waals surface area (Å²) in [4.78, 5) is 5.10. The molecule has 2 aromatic carbocycles. The third-order valence-electron chi connectivity index (χ3n) is 7.97. The molecule has 0 bridgehead atoms. The first-order chi connectivity index (χ1) is 17.4. The van der Waals surface area contributed by atoms with Gasteiger partial charge in [0.1, 0.15) is 7.05 Å². The van der Waals surface area contributed by atoms with Crippen molar-refractivity contribution in [2.45, 2.75) is 64.7 Å². The summed E-state index contributed by atoms with van der Waals surface area (Å²) in [6.07, 6.45) is 5.02. The molecule has 33 heavy (non-hydrogen) atoms. The molecule has 0 amide bonds. The monoisotopic (exact) mass is 439 g/mol. The van der Waals surface area contributed by atoms with Crippen molar-refractivity contribution in [1.82, 2.24) is 14.0 Å². The zero-order valence-corrected chi connectivity index (χ0v) is 19.7. The van der Waals surface area contributed by atoms with Gasteiger partial charge in [0.05, 0.1) is 38.7 Å². The fraction of sp³-hybridized carbons (Fsp3) is 0.379. The molecule has 0 spiro atoms. The van der Waals surface area contributed by atoms with Crippen LogP contribution in [0.3, 0.4) is 0 Å². The number of imidazole rings is 2. The van der Waals surface area contributed by atoms with E-state index in [2.05, 4.69) is 47.9 Å². The highest BCUT2D eigenvalue weighted by atomic mass is 15.2. The highest BCUT2D eigenvalue weighted by molar-refractivity contribution is 6.01. The van der Waals surface area contributed by atoms with Crippen molar-refractivity contribution in [2.24, 2.45) is 7.05 Å². The topological polar surface area (TPSA) is 26.1 Å². The van der Waals surface area contributed by atoms with Crippen molar-refractivity contribution in [2.75, 3.05) is 0 Å². The Morgan fingerprint density at radius 1 is 1.09 bits per heavy atom. The Bertz CT molecular complexity index is 1780. The Hall–Kier alpha value is -3.14. The van der Waals surface area contributed by atoms with Crippen LogP contribution in [0.5, 0.6) is 0 Å². The molecule has 0 saturated heterocycles. The molecule has 1 aliphatic carbocycles. The van der Waals surface area contributed by atoms with Crippen LogP contribution in [-0.4, -0.2) is 14.0 Å². The zero-order chi connectivity index (χ0) is 26.1. The van der Waals surface area contributed by atoms with Gasteiger partial charge >= 0.3 is 0 Å². The maximum absolute atomic E-state index is 9.64. The molecule has 0 atom stereocenters. The smallest absolute Gasteiger partial charge is 0.220 e. The van der Waals surface area contributed by atoms with E-state index >= 15 is 0 Å². The van der Waals surface area contributed by atoms with E-state index in [0.29, 0.717) is 24.0 Å². The van der Waals surface area contributed by atoms with Crippen molar-refractivity contribution in [3.63, 3.8) is 0 Å². The highest BCUT2D eigenvalue weighted by Gasteiger charge is 2.45. The van der Waals surface area contributed by atoms with E-state index in [4.69, 9.17) is 9.10 Å². The lowest BCUT2D eigenvalue weighted by Crippen LogP contribution is -2.42. The Kier molecular flexibility index (Phi) is 2.97. The molecule has 166 valence electrons. The predicted octanol–water partition coefficient (Wildman–Crippen LogP) is 6.30. The van der Waals surface area contributed by atoms with E-state index in [9.17, 15) is 1.37 Å². The molecule has 0 radical (unpaired) electrons. The maximum Gasteiger partial charge on any atom is 0.220 e. The summed E-state index contributed by atoms with van der Waals surface area (Å²) < 4.78 is 41.7. The molecule has 0 unspecified atom stereocenters. The quantitative estimate of drug-likeness (QED) is 0.281. The van der Waals surface area contributed by atoms with Crippen LogP contribution in [0.15, 0.2) is 42.6 Å². The van der Waals surface area contributed by atoms with Crippen molar-refractivity contribution < 1.29 is 10.1 Å². The van der Waals surface area contributed by atoms with Crippen LogP contribution in [0, 0.1) is 13.8 Å². The first kappa shape index (κ1) is 15.7. The standard InChI is InChI=1S/C29H31N4/c1-17-14-15-22-26-24(17)27-25(23(18(2)16-31(27)5)19-10-6-7-11-19)29(3,4)33(26)28-30-20-12-8-9-13-21(20)32(22)28/h8-9,12-16,19H,6-7,10-11H2,1-5H3/q+1/i2D3,19D. The van der Waals surface area contributed by atoms with Crippen LogP contribution in [-0.2, 0) is 12.6 Å². The minimum Gasteiger partial charge on any atom is -0.299 e. The van der Waals surface area contributed by atoms with Crippen molar-refractivity contribution in [3.8, 4) is 11.3 Å². The molecule has 7 rings (SSSR count). The van der Waals surface area contributed by atoms with Crippen LogP contribution < -0.4 is 4.57 Å². The number of rotatable bonds is 1. The molecular formula is C29H31N4+. The average Bonchev–Trinajstić information content (AvgIpc) is 3.51. The van der Waals surface area contributed by atoms with Gasteiger partial charge in [0.2, 0.25) is 11.5 Å². The number of para-hydroxylation sites is 2. The summed E-state index contributed by atoms with van der Waals surface area (Å²) in [5.41, 5.74) is 8.77. The number of hydrogen-bond donors (Lipinski definition) is 0. The van der Waals surface area contributed by atoms with Crippen LogP contribution in [0.25, 0.3) is 39.1 Å². The lowest BCUT2D eigenvalue weighted by atomic mass is 9.76. The lowest BCUT2D eigenvalue weighted by Gasteiger charge is -2.36. The Morgan fingerprint density at radius 2 is 1.88 bits per heavy atom. The van der Waals surface area contributed by atoms with Crippen LogP contribution in [0.2, 0.25) is 0 Å². The lowest BCUT2D eigenvalue weighted by molar-refractivity contribution is -0.661. The molecule has 2 aliphatic rings. The summed E-state index contributed by atoms with van der Waals surface area (Å²) in [7, 11) is 1.95. The Balaban J connectivity index is 1.74. The molecule has 4 heterocycles. The van der Waals surface area contributed by atoms with E-state index in [1.54, 1.807) is 6.20 Å². The zero-order valence-electron chi connectivity index (χ0n) is 23.7. The molecule has 1 aliphatic heterocycles. The number of hydrogen-bond acceptors (Lipinski definition) is 1. The van der Waals surface area contributed by atoms with Gasteiger partial charge in [0.15, 0.2) is 6.20 Å². The second-order valence-electron chi connectivity index (χ2n) is 10.3. The van der Waals surface area contributed by atoms with Crippen LogP contribution in [0.4, 0.5) is 0 Å². The van der Waals surface area contributed by atoms with Gasteiger partial charge in [-0.25, -0.2) is 9.55 Å². The third kappa shape index (κ3) is 2.27. The summed E-state index contributed by atoms with van der Waals surface area (Å²) in [5.74, 6) is -0.0839. The predicted molar refractivity (Wildman–Crippen MR) is 134 cm³/mol. The van der Waals surface area contributed by atoms with E-state index in [1.807, 2.05) is 29.8 Å². The van der Waals surface area contributed by atoms with Crippen molar-refractivity contribution in [3.05, 3.63) is 64.8 Å². The van der Waals surface area contributed by atoms with E-state index in [1.165, 1.54) is 0 Å². The number of fused-ring (bicyclic) bond motifs is 7. The molecule has 4 nitrogen and oxygen atoms in total. The number of nitrogens with zero attached hydrogens (tertiary/aromatic N) is 4. The van der Waals surface area contributed by atoms with Gasteiger partial charge in [-0.1, -0.05) is 31.0 Å². The number of pyridine rings is 1. The van der Waals surface area contributed by atoms with Crippen LogP contribution >= 0.6 is 0 Å². The Morgan fingerprint density at radius 3 is 2.67 bits per heavy atom. The SMILES string of the molecule is [2H]C([2H])([2H])c1c[n+](C)c2c(c1C1([2H])CCCC1)C(C)(C)n1c3c-2c(C)ccc3n2c3ccccc3nc12. The summed E-state index contributed by atoms with van der Waals surface area (Å²) >= 11 is 0. The van der Waals surface area contributed by atoms with Crippen molar-refractivity contribution in [1.29, 1.82) is 0 Å². The van der Waals surface area contributed by atoms with E-state index in [0.717, 1.165) is 63.1 Å². The number of aromatic nitrogens is 4. The van der Waals surface area contributed by atoms with Gasteiger partial charge in [0, 0.05) is 11.0 Å². The minimum atomic E-state index is -2.32. The number of aryl methyl sites for hydroxylation is 3. The fourth-order valence-electron chi connectivity index (χ4n) is 6.60. The largest absolute Gasteiger partial charge is 0.299 e. The molecule has 4 heteroatoms. The highest BCUT2D eigenvalue weighted by Crippen LogP contribution is 2.51. The van der Waals surface area contributed by atoms with Crippen LogP contribution in [0.1, 0.15) is 73.2 Å². The summed E-state index contributed by atoms with van der Waals surface area (Å²) in [6.45, 7) is 4.14. The van der Waals surface area contributed by atoms with Gasteiger partial charge in [-0.3, -0.25) is 8.97 Å². The minimum absolute atomic E-state index is 0.309. The van der Waals surface area contributed by atoms with Gasteiger partial charge < -0.3 is 0 Å².